The first-order valence-corrected chi connectivity index (χ1v) is 9.03. The van der Waals surface area contributed by atoms with Gasteiger partial charge in [-0.05, 0) is 62.4 Å². The van der Waals surface area contributed by atoms with Crippen LogP contribution in [-0.2, 0) is 6.54 Å². The Balaban J connectivity index is 1.26. The van der Waals surface area contributed by atoms with Crippen LogP contribution in [0.4, 0.5) is 0 Å². The number of ether oxygens (including phenoxy) is 1. The highest BCUT2D eigenvalue weighted by Crippen LogP contribution is 2.34. The first-order valence-electron chi connectivity index (χ1n) is 8.65. The first kappa shape index (κ1) is 14.8. The molecule has 0 N–H and O–H groups in total. The molecule has 0 amide bonds. The van der Waals surface area contributed by atoms with Crippen LogP contribution in [0.5, 0.6) is 5.75 Å². The molecule has 2 saturated heterocycles. The van der Waals surface area contributed by atoms with E-state index in [1.807, 2.05) is 6.07 Å². The second-order valence-corrected chi connectivity index (χ2v) is 7.51. The molecule has 1 aromatic carbocycles. The van der Waals surface area contributed by atoms with Crippen LogP contribution < -0.4 is 4.74 Å². The van der Waals surface area contributed by atoms with Crippen LogP contribution in [0.3, 0.4) is 0 Å². The smallest absolute Gasteiger partial charge is 0.120 e. The van der Waals surface area contributed by atoms with Crippen molar-refractivity contribution >= 4 is 11.6 Å². The highest BCUT2D eigenvalue weighted by Gasteiger charge is 2.38. The number of hydrogen-bond acceptors (Lipinski definition) is 3. The molecule has 3 fully saturated rings. The van der Waals surface area contributed by atoms with E-state index in [1.54, 1.807) is 0 Å². The monoisotopic (exact) mass is 320 g/mol. The van der Waals surface area contributed by atoms with E-state index >= 15 is 0 Å². The minimum absolute atomic E-state index is 0.628. The maximum absolute atomic E-state index is 6.43. The van der Waals surface area contributed by atoms with E-state index in [2.05, 4.69) is 21.9 Å². The van der Waals surface area contributed by atoms with Crippen molar-refractivity contribution in [2.75, 3.05) is 32.8 Å². The Labute approximate surface area is 138 Å². The second kappa shape index (κ2) is 6.38. The molecule has 4 heteroatoms. The Kier molecular flexibility index (Phi) is 4.29. The fraction of sp³-hybridized carbons (Fsp3) is 0.667. The van der Waals surface area contributed by atoms with E-state index in [0.29, 0.717) is 6.04 Å². The van der Waals surface area contributed by atoms with Gasteiger partial charge in [0.15, 0.2) is 0 Å². The van der Waals surface area contributed by atoms with Gasteiger partial charge in [-0.15, -0.1) is 0 Å². The molecule has 1 saturated carbocycles. The van der Waals surface area contributed by atoms with Gasteiger partial charge in [0.05, 0.1) is 6.04 Å². The highest BCUT2D eigenvalue weighted by molar-refractivity contribution is 6.31. The van der Waals surface area contributed by atoms with Crippen molar-refractivity contribution in [1.29, 1.82) is 0 Å². The minimum Gasteiger partial charge on any atom is -0.492 e. The number of rotatable bonds is 7. The largest absolute Gasteiger partial charge is 0.492 e. The first-order chi connectivity index (χ1) is 10.8. The van der Waals surface area contributed by atoms with Gasteiger partial charge >= 0.3 is 0 Å². The summed E-state index contributed by atoms with van der Waals surface area (Å²) in [6.45, 7) is 6.66. The molecule has 1 aliphatic carbocycles. The summed E-state index contributed by atoms with van der Waals surface area (Å²) >= 11 is 6.43. The van der Waals surface area contributed by atoms with Crippen molar-refractivity contribution in [2.24, 2.45) is 5.92 Å². The van der Waals surface area contributed by atoms with E-state index in [4.69, 9.17) is 16.3 Å². The summed E-state index contributed by atoms with van der Waals surface area (Å²) in [5.41, 5.74) is 1.22. The van der Waals surface area contributed by atoms with E-state index in [-0.39, 0.29) is 0 Å². The lowest BCUT2D eigenvalue weighted by molar-refractivity contribution is 0.291. The second-order valence-electron chi connectivity index (χ2n) is 7.10. The van der Waals surface area contributed by atoms with Crippen molar-refractivity contribution in [3.63, 3.8) is 0 Å². The van der Waals surface area contributed by atoms with Crippen molar-refractivity contribution < 1.29 is 4.74 Å². The van der Waals surface area contributed by atoms with Gasteiger partial charge in [0.1, 0.15) is 12.4 Å². The van der Waals surface area contributed by atoms with Crippen molar-refractivity contribution in [3.05, 3.63) is 28.8 Å². The average molecular weight is 321 g/mol. The Hall–Kier alpha value is -0.770. The summed E-state index contributed by atoms with van der Waals surface area (Å²) in [7, 11) is 0. The third-order valence-corrected chi connectivity index (χ3v) is 5.43. The summed E-state index contributed by atoms with van der Waals surface area (Å²) in [5.74, 6) is 1.89. The summed E-state index contributed by atoms with van der Waals surface area (Å²) in [6.07, 6.45) is 5.49. The lowest BCUT2D eigenvalue weighted by Gasteiger charge is -2.16. The van der Waals surface area contributed by atoms with Crippen LogP contribution in [0.25, 0.3) is 0 Å². The Morgan fingerprint density at radius 1 is 1.18 bits per heavy atom. The number of hydrogen-bond donors (Lipinski definition) is 0. The molecule has 0 spiro atoms. The van der Waals surface area contributed by atoms with Crippen molar-refractivity contribution in [3.8, 4) is 5.75 Å². The molecule has 120 valence electrons. The van der Waals surface area contributed by atoms with E-state index in [0.717, 1.165) is 29.8 Å². The fourth-order valence-corrected chi connectivity index (χ4v) is 3.59. The molecule has 1 aromatic rings. The van der Waals surface area contributed by atoms with Crippen molar-refractivity contribution in [1.82, 2.24) is 9.80 Å². The number of likely N-dealkylation sites (tertiary alicyclic amines) is 1. The van der Waals surface area contributed by atoms with Crippen LogP contribution in [0.2, 0.25) is 5.02 Å². The molecule has 3 aliphatic rings. The summed E-state index contributed by atoms with van der Waals surface area (Å²) < 4.78 is 5.93. The van der Waals surface area contributed by atoms with E-state index < -0.39 is 0 Å². The van der Waals surface area contributed by atoms with Crippen LogP contribution >= 0.6 is 11.6 Å². The van der Waals surface area contributed by atoms with E-state index in [9.17, 15) is 0 Å². The minimum atomic E-state index is 0.628. The molecule has 0 aromatic heterocycles. The Morgan fingerprint density at radius 3 is 2.73 bits per heavy atom. The predicted octanol–water partition coefficient (Wildman–Crippen LogP) is 3.41. The van der Waals surface area contributed by atoms with Gasteiger partial charge in [-0.3, -0.25) is 9.80 Å². The highest BCUT2D eigenvalue weighted by atomic mass is 35.5. The van der Waals surface area contributed by atoms with Crippen LogP contribution in [-0.4, -0.2) is 48.6 Å². The molecule has 3 nitrogen and oxygen atoms in total. The standard InChI is InChI=1S/C18H25ClN2O/c19-18-9-17(6-5-15(18)11-20-7-1-2-8-20)22-13-16-12-21(16)10-14-3-4-14/h5-6,9,14,16H,1-4,7-8,10-13H2. The number of nitrogens with zero attached hydrogens (tertiary/aromatic N) is 2. The van der Waals surface area contributed by atoms with Gasteiger partial charge in [-0.25, -0.2) is 0 Å². The lowest BCUT2D eigenvalue weighted by Crippen LogP contribution is -2.18. The predicted molar refractivity (Wildman–Crippen MR) is 89.5 cm³/mol. The molecular weight excluding hydrogens is 296 g/mol. The third kappa shape index (κ3) is 3.76. The topological polar surface area (TPSA) is 15.5 Å². The molecule has 2 unspecified atom stereocenters. The number of halogens is 1. The Bertz CT molecular complexity index is 526. The van der Waals surface area contributed by atoms with Crippen LogP contribution in [0.1, 0.15) is 31.2 Å². The van der Waals surface area contributed by atoms with Gasteiger partial charge in [-0.2, -0.15) is 0 Å². The van der Waals surface area contributed by atoms with Gasteiger partial charge in [0, 0.05) is 24.7 Å². The Morgan fingerprint density at radius 2 is 2.00 bits per heavy atom. The van der Waals surface area contributed by atoms with Gasteiger partial charge < -0.3 is 4.74 Å². The molecule has 22 heavy (non-hydrogen) atoms. The van der Waals surface area contributed by atoms with Crippen molar-refractivity contribution in [2.45, 2.75) is 38.3 Å². The summed E-state index contributed by atoms with van der Waals surface area (Å²) in [4.78, 5) is 5.00. The molecule has 0 radical (unpaired) electrons. The maximum atomic E-state index is 6.43. The summed E-state index contributed by atoms with van der Waals surface area (Å²) in [6, 6.07) is 6.82. The number of benzene rings is 1. The third-order valence-electron chi connectivity index (χ3n) is 5.08. The molecule has 2 atom stereocenters. The normalized spacial score (nSPS) is 28.0. The molecular formula is C18H25ClN2O. The zero-order valence-electron chi connectivity index (χ0n) is 13.1. The van der Waals surface area contributed by atoms with Crippen LogP contribution in [0, 0.1) is 5.92 Å². The fourth-order valence-electron chi connectivity index (χ4n) is 3.36. The molecule has 2 aliphatic heterocycles. The van der Waals surface area contributed by atoms with Gasteiger partial charge in [0.25, 0.3) is 0 Å². The SMILES string of the molecule is Clc1cc(OCC2CN2CC2CC2)ccc1CN1CCCC1. The van der Waals surface area contributed by atoms with Gasteiger partial charge in [0.2, 0.25) is 0 Å². The zero-order chi connectivity index (χ0) is 14.9. The maximum Gasteiger partial charge on any atom is 0.120 e. The molecule has 4 rings (SSSR count). The zero-order valence-corrected chi connectivity index (χ0v) is 13.9. The lowest BCUT2D eigenvalue weighted by atomic mass is 10.2. The van der Waals surface area contributed by atoms with Gasteiger partial charge in [-0.1, -0.05) is 17.7 Å². The molecule has 2 heterocycles. The van der Waals surface area contributed by atoms with E-state index in [1.165, 1.54) is 57.4 Å². The summed E-state index contributed by atoms with van der Waals surface area (Å²) in [5, 5.41) is 0.843. The quantitative estimate of drug-likeness (QED) is 0.716. The average Bonchev–Trinajstić information content (AvgIpc) is 3.42. The van der Waals surface area contributed by atoms with Crippen LogP contribution in [0.15, 0.2) is 18.2 Å². The molecule has 0 bridgehead atoms.